The molecule has 0 unspecified atom stereocenters. The molecule has 1 aromatic carbocycles. The van der Waals surface area contributed by atoms with E-state index in [1.165, 1.54) is 43.2 Å². The predicted molar refractivity (Wildman–Crippen MR) is 75.0 cm³/mol. The summed E-state index contributed by atoms with van der Waals surface area (Å²) in [4.78, 5) is 0. The molecule has 19 heavy (non-hydrogen) atoms. The van der Waals surface area contributed by atoms with E-state index in [0.29, 0.717) is 11.8 Å². The van der Waals surface area contributed by atoms with Gasteiger partial charge in [0.1, 0.15) is 0 Å². The number of aryl methyl sites for hydroxylation is 2. The van der Waals surface area contributed by atoms with E-state index in [9.17, 15) is 0 Å². The van der Waals surface area contributed by atoms with Gasteiger partial charge >= 0.3 is 0 Å². The summed E-state index contributed by atoms with van der Waals surface area (Å²) in [6, 6.07) is 6.36. The lowest BCUT2D eigenvalue weighted by atomic mass is 9.89. The van der Waals surface area contributed by atoms with Crippen molar-refractivity contribution < 1.29 is 4.42 Å². The normalized spacial score (nSPS) is 16.7. The predicted octanol–water partition coefficient (Wildman–Crippen LogP) is 4.40. The van der Waals surface area contributed by atoms with Crippen LogP contribution in [0.25, 0.3) is 11.5 Å². The Morgan fingerprint density at radius 1 is 0.947 bits per heavy atom. The first-order valence-electron chi connectivity index (χ1n) is 7.14. The highest BCUT2D eigenvalue weighted by molar-refractivity contribution is 5.55. The maximum absolute atomic E-state index is 5.90. The van der Waals surface area contributed by atoms with E-state index in [2.05, 4.69) is 42.2 Å². The minimum Gasteiger partial charge on any atom is -0.420 e. The van der Waals surface area contributed by atoms with E-state index < -0.39 is 0 Å². The molecule has 1 aromatic heterocycles. The van der Waals surface area contributed by atoms with Gasteiger partial charge in [0.15, 0.2) is 0 Å². The van der Waals surface area contributed by atoms with Gasteiger partial charge in [0.05, 0.1) is 0 Å². The lowest BCUT2D eigenvalue weighted by molar-refractivity contribution is 0.367. The molecule has 3 heteroatoms. The highest BCUT2D eigenvalue weighted by atomic mass is 16.4. The maximum Gasteiger partial charge on any atom is 0.247 e. The van der Waals surface area contributed by atoms with Crippen molar-refractivity contribution in [3.8, 4) is 11.5 Å². The summed E-state index contributed by atoms with van der Waals surface area (Å²) >= 11 is 0. The Bertz CT molecular complexity index is 548. The Labute approximate surface area is 114 Å². The van der Waals surface area contributed by atoms with E-state index in [1.54, 1.807) is 0 Å². The van der Waals surface area contributed by atoms with Crippen LogP contribution in [0.5, 0.6) is 0 Å². The van der Waals surface area contributed by atoms with Crippen molar-refractivity contribution in [1.82, 2.24) is 10.2 Å². The molecular formula is C16H20N2O. The minimum absolute atomic E-state index is 0.473. The fourth-order valence-electron chi connectivity index (χ4n) is 2.96. The summed E-state index contributed by atoms with van der Waals surface area (Å²) in [5.74, 6) is 1.96. The molecule has 0 bridgehead atoms. The Hall–Kier alpha value is -1.64. The maximum atomic E-state index is 5.90. The number of hydrogen-bond acceptors (Lipinski definition) is 3. The number of benzene rings is 1. The van der Waals surface area contributed by atoms with Gasteiger partial charge in [-0.25, -0.2) is 0 Å². The fraction of sp³-hybridized carbons (Fsp3) is 0.500. The Morgan fingerprint density at radius 2 is 1.63 bits per heavy atom. The van der Waals surface area contributed by atoms with E-state index in [1.807, 2.05) is 0 Å². The van der Waals surface area contributed by atoms with Crippen LogP contribution in [0.2, 0.25) is 0 Å². The molecule has 1 saturated carbocycles. The molecule has 3 nitrogen and oxygen atoms in total. The number of hydrogen-bond donors (Lipinski definition) is 0. The van der Waals surface area contributed by atoms with E-state index in [4.69, 9.17) is 4.42 Å². The van der Waals surface area contributed by atoms with Gasteiger partial charge in [-0.15, -0.1) is 10.2 Å². The molecule has 0 aliphatic heterocycles. The molecule has 0 amide bonds. The van der Waals surface area contributed by atoms with Gasteiger partial charge < -0.3 is 4.42 Å². The number of rotatable bonds is 2. The molecule has 0 atom stereocenters. The molecule has 0 radical (unpaired) electrons. The third kappa shape index (κ3) is 2.70. The van der Waals surface area contributed by atoms with Crippen molar-refractivity contribution in [1.29, 1.82) is 0 Å². The largest absolute Gasteiger partial charge is 0.420 e. The van der Waals surface area contributed by atoms with Gasteiger partial charge in [-0.1, -0.05) is 36.5 Å². The van der Waals surface area contributed by atoms with Crippen LogP contribution in [0.15, 0.2) is 22.6 Å². The summed E-state index contributed by atoms with van der Waals surface area (Å²) in [6.45, 7) is 4.18. The first kappa shape index (κ1) is 12.4. The smallest absolute Gasteiger partial charge is 0.247 e. The lowest BCUT2D eigenvalue weighted by Gasteiger charge is -2.17. The van der Waals surface area contributed by atoms with Crippen LogP contribution in [-0.4, -0.2) is 10.2 Å². The average Bonchev–Trinajstić information content (AvgIpc) is 2.88. The third-order valence-corrected chi connectivity index (χ3v) is 3.86. The van der Waals surface area contributed by atoms with Gasteiger partial charge in [-0.2, -0.15) is 0 Å². The molecule has 1 aliphatic rings. The lowest BCUT2D eigenvalue weighted by Crippen LogP contribution is -2.04. The van der Waals surface area contributed by atoms with Crippen molar-refractivity contribution in [3.63, 3.8) is 0 Å². The number of aromatic nitrogens is 2. The second-order valence-electron chi connectivity index (χ2n) is 5.66. The van der Waals surface area contributed by atoms with E-state index in [-0.39, 0.29) is 0 Å². The van der Waals surface area contributed by atoms with Crippen LogP contribution in [0.3, 0.4) is 0 Å². The van der Waals surface area contributed by atoms with Crippen molar-refractivity contribution in [2.45, 2.75) is 51.9 Å². The fourth-order valence-corrected chi connectivity index (χ4v) is 2.96. The van der Waals surface area contributed by atoms with Crippen LogP contribution in [0, 0.1) is 13.8 Å². The Morgan fingerprint density at radius 3 is 2.32 bits per heavy atom. The van der Waals surface area contributed by atoms with Crippen LogP contribution >= 0.6 is 0 Å². The van der Waals surface area contributed by atoms with Crippen molar-refractivity contribution in [2.75, 3.05) is 0 Å². The minimum atomic E-state index is 0.473. The zero-order chi connectivity index (χ0) is 13.2. The third-order valence-electron chi connectivity index (χ3n) is 3.86. The zero-order valence-electron chi connectivity index (χ0n) is 11.6. The summed E-state index contributed by atoms with van der Waals surface area (Å²) < 4.78 is 5.90. The average molecular weight is 256 g/mol. The number of nitrogens with zero attached hydrogens (tertiary/aromatic N) is 2. The second kappa shape index (κ2) is 5.16. The van der Waals surface area contributed by atoms with Crippen molar-refractivity contribution >= 4 is 0 Å². The quantitative estimate of drug-likeness (QED) is 0.799. The topological polar surface area (TPSA) is 38.9 Å². The standard InChI is InChI=1S/C16H20N2O/c1-11-8-12(2)10-14(9-11)16-18-17-15(19-16)13-6-4-3-5-7-13/h8-10,13H,3-7H2,1-2H3. The summed E-state index contributed by atoms with van der Waals surface area (Å²) in [6.07, 6.45) is 6.29. The molecular weight excluding hydrogens is 236 g/mol. The SMILES string of the molecule is Cc1cc(C)cc(-c2nnc(C3CCCCC3)o2)c1. The molecule has 1 fully saturated rings. The van der Waals surface area contributed by atoms with Gasteiger partial charge in [0.25, 0.3) is 0 Å². The Kier molecular flexibility index (Phi) is 3.36. The molecule has 0 saturated heterocycles. The monoisotopic (exact) mass is 256 g/mol. The second-order valence-corrected chi connectivity index (χ2v) is 5.66. The highest BCUT2D eigenvalue weighted by Gasteiger charge is 2.21. The van der Waals surface area contributed by atoms with Crippen molar-refractivity contribution in [2.24, 2.45) is 0 Å². The molecule has 100 valence electrons. The summed E-state index contributed by atoms with van der Waals surface area (Å²) in [5, 5.41) is 8.49. The van der Waals surface area contributed by atoms with Crippen molar-refractivity contribution in [3.05, 3.63) is 35.2 Å². The first-order chi connectivity index (χ1) is 9.22. The van der Waals surface area contributed by atoms with E-state index >= 15 is 0 Å². The van der Waals surface area contributed by atoms with Gasteiger partial charge in [-0.3, -0.25) is 0 Å². The van der Waals surface area contributed by atoms with Crippen LogP contribution in [0.1, 0.15) is 55.0 Å². The molecule has 2 aromatic rings. The molecule has 3 rings (SSSR count). The van der Waals surface area contributed by atoms with Gasteiger partial charge in [0, 0.05) is 11.5 Å². The Balaban J connectivity index is 1.87. The summed E-state index contributed by atoms with van der Waals surface area (Å²) in [5.41, 5.74) is 3.49. The van der Waals surface area contributed by atoms with Crippen LogP contribution in [0.4, 0.5) is 0 Å². The summed E-state index contributed by atoms with van der Waals surface area (Å²) in [7, 11) is 0. The molecule has 0 N–H and O–H groups in total. The van der Waals surface area contributed by atoms with Crippen LogP contribution in [-0.2, 0) is 0 Å². The zero-order valence-corrected chi connectivity index (χ0v) is 11.6. The molecule has 0 spiro atoms. The molecule has 1 heterocycles. The van der Waals surface area contributed by atoms with Crippen LogP contribution < -0.4 is 0 Å². The first-order valence-corrected chi connectivity index (χ1v) is 7.14. The van der Waals surface area contributed by atoms with Gasteiger partial charge in [0.2, 0.25) is 11.8 Å². The highest BCUT2D eigenvalue weighted by Crippen LogP contribution is 2.33. The van der Waals surface area contributed by atoms with Gasteiger partial charge in [-0.05, 0) is 38.8 Å². The van der Waals surface area contributed by atoms with E-state index in [0.717, 1.165) is 11.5 Å². The molecule has 1 aliphatic carbocycles.